The Balaban J connectivity index is 2.10. The van der Waals surface area contributed by atoms with E-state index in [2.05, 4.69) is 10.3 Å². The Hall–Kier alpha value is -1.91. The summed E-state index contributed by atoms with van der Waals surface area (Å²) in [7, 11) is 0. The first-order valence-corrected chi connectivity index (χ1v) is 5.56. The lowest BCUT2D eigenvalue weighted by molar-refractivity contribution is -0.137. The third-order valence-electron chi connectivity index (χ3n) is 2.28. The summed E-state index contributed by atoms with van der Waals surface area (Å²) in [5, 5.41) is 11.2. The van der Waals surface area contributed by atoms with Crippen molar-refractivity contribution < 1.29 is 14.7 Å². The number of hydrogen-bond donors (Lipinski definition) is 2. The average Bonchev–Trinajstić information content (AvgIpc) is 2.30. The van der Waals surface area contributed by atoms with Crippen LogP contribution in [0.15, 0.2) is 24.5 Å². The van der Waals surface area contributed by atoms with Gasteiger partial charge in [0, 0.05) is 31.8 Å². The summed E-state index contributed by atoms with van der Waals surface area (Å²) in [5.41, 5.74) is 1.12. The number of carboxylic acids is 1. The second kappa shape index (κ2) is 7.38. The number of pyridine rings is 1. The van der Waals surface area contributed by atoms with Gasteiger partial charge in [-0.1, -0.05) is 0 Å². The minimum atomic E-state index is -0.866. The molecule has 0 radical (unpaired) electrons. The maximum Gasteiger partial charge on any atom is 0.303 e. The first kappa shape index (κ1) is 13.2. The van der Waals surface area contributed by atoms with Crippen molar-refractivity contribution in [2.45, 2.75) is 25.7 Å². The zero-order chi connectivity index (χ0) is 12.5. The van der Waals surface area contributed by atoms with Crippen molar-refractivity contribution in [1.29, 1.82) is 0 Å². The van der Waals surface area contributed by atoms with Crippen LogP contribution < -0.4 is 5.32 Å². The van der Waals surface area contributed by atoms with Gasteiger partial charge < -0.3 is 10.4 Å². The van der Waals surface area contributed by atoms with E-state index in [0.29, 0.717) is 13.0 Å². The molecule has 0 aliphatic carbocycles. The molecule has 2 N–H and O–H groups in total. The summed E-state index contributed by atoms with van der Waals surface area (Å²) in [4.78, 5) is 25.4. The lowest BCUT2D eigenvalue weighted by Crippen LogP contribution is -2.25. The second-order valence-electron chi connectivity index (χ2n) is 3.70. The van der Waals surface area contributed by atoms with E-state index in [1.54, 1.807) is 12.4 Å². The number of carboxylic acid groups (broad SMARTS) is 1. The highest BCUT2D eigenvalue weighted by Gasteiger charge is 2.03. The third-order valence-corrected chi connectivity index (χ3v) is 2.28. The van der Waals surface area contributed by atoms with Gasteiger partial charge >= 0.3 is 5.97 Å². The topological polar surface area (TPSA) is 79.3 Å². The van der Waals surface area contributed by atoms with E-state index in [1.807, 2.05) is 12.1 Å². The van der Waals surface area contributed by atoms with Crippen LogP contribution in [0.3, 0.4) is 0 Å². The SMILES string of the molecule is O=C(O)CCCC(=O)NCCc1ccncc1. The molecule has 0 atom stereocenters. The van der Waals surface area contributed by atoms with Crippen molar-refractivity contribution in [2.24, 2.45) is 0 Å². The Morgan fingerprint density at radius 1 is 1.24 bits per heavy atom. The Labute approximate surface area is 99.9 Å². The molecule has 1 heterocycles. The average molecular weight is 236 g/mol. The number of nitrogens with one attached hydrogen (secondary N) is 1. The van der Waals surface area contributed by atoms with Gasteiger partial charge in [-0.3, -0.25) is 14.6 Å². The van der Waals surface area contributed by atoms with E-state index in [1.165, 1.54) is 0 Å². The molecule has 5 nitrogen and oxygen atoms in total. The molecule has 1 rings (SSSR count). The monoisotopic (exact) mass is 236 g/mol. The fourth-order valence-corrected chi connectivity index (χ4v) is 1.38. The van der Waals surface area contributed by atoms with Gasteiger partial charge in [0.15, 0.2) is 0 Å². The van der Waals surface area contributed by atoms with E-state index in [4.69, 9.17) is 5.11 Å². The van der Waals surface area contributed by atoms with Crippen LogP contribution in [-0.2, 0) is 16.0 Å². The molecule has 0 bridgehead atoms. The number of amides is 1. The minimum absolute atomic E-state index is 0.0395. The lowest BCUT2D eigenvalue weighted by Gasteiger charge is -2.04. The van der Waals surface area contributed by atoms with Gasteiger partial charge in [0.1, 0.15) is 0 Å². The Bertz CT molecular complexity index is 365. The molecular weight excluding hydrogens is 220 g/mol. The third kappa shape index (κ3) is 6.29. The first-order chi connectivity index (χ1) is 8.18. The van der Waals surface area contributed by atoms with Crippen molar-refractivity contribution in [1.82, 2.24) is 10.3 Å². The maximum atomic E-state index is 11.3. The number of carbonyl (C=O) groups excluding carboxylic acids is 1. The summed E-state index contributed by atoms with van der Waals surface area (Å²) in [6.07, 6.45) is 4.87. The molecule has 0 aliphatic heterocycles. The van der Waals surface area contributed by atoms with Gasteiger partial charge in [-0.15, -0.1) is 0 Å². The molecule has 1 aromatic heterocycles. The first-order valence-electron chi connectivity index (χ1n) is 5.56. The van der Waals surface area contributed by atoms with Crippen molar-refractivity contribution in [3.05, 3.63) is 30.1 Å². The Morgan fingerprint density at radius 3 is 2.59 bits per heavy atom. The van der Waals surface area contributed by atoms with E-state index in [0.717, 1.165) is 12.0 Å². The number of carbonyl (C=O) groups is 2. The zero-order valence-corrected chi connectivity index (χ0v) is 9.56. The summed E-state index contributed by atoms with van der Waals surface area (Å²) in [6, 6.07) is 3.80. The smallest absolute Gasteiger partial charge is 0.303 e. The Kier molecular flexibility index (Phi) is 5.71. The predicted octanol–water partition coefficient (Wildman–Crippen LogP) is 0.995. The maximum absolute atomic E-state index is 11.3. The number of nitrogens with zero attached hydrogens (tertiary/aromatic N) is 1. The zero-order valence-electron chi connectivity index (χ0n) is 9.56. The molecule has 0 fully saturated rings. The summed E-state index contributed by atoms with van der Waals surface area (Å²) in [6.45, 7) is 0.565. The van der Waals surface area contributed by atoms with Gasteiger partial charge in [-0.2, -0.15) is 0 Å². The van der Waals surface area contributed by atoms with Crippen LogP contribution in [0, 0.1) is 0 Å². The van der Waals surface area contributed by atoms with E-state index >= 15 is 0 Å². The summed E-state index contributed by atoms with van der Waals surface area (Å²) in [5.74, 6) is -0.963. The summed E-state index contributed by atoms with van der Waals surface area (Å²) >= 11 is 0. The van der Waals surface area contributed by atoms with E-state index in [9.17, 15) is 9.59 Å². The molecule has 17 heavy (non-hydrogen) atoms. The molecule has 0 aliphatic rings. The number of hydrogen-bond acceptors (Lipinski definition) is 3. The quantitative estimate of drug-likeness (QED) is 0.740. The van der Waals surface area contributed by atoms with Gasteiger partial charge in [0.25, 0.3) is 0 Å². The summed E-state index contributed by atoms with van der Waals surface area (Å²) < 4.78 is 0. The number of aromatic nitrogens is 1. The van der Waals surface area contributed by atoms with Gasteiger partial charge in [0.05, 0.1) is 0 Å². The predicted molar refractivity (Wildman–Crippen MR) is 62.4 cm³/mol. The molecule has 0 saturated carbocycles. The van der Waals surface area contributed by atoms with Gasteiger partial charge in [0.2, 0.25) is 5.91 Å². The van der Waals surface area contributed by atoms with Crippen LogP contribution in [0.25, 0.3) is 0 Å². The van der Waals surface area contributed by atoms with Crippen LogP contribution in [-0.4, -0.2) is 28.5 Å². The molecule has 0 unspecified atom stereocenters. The lowest BCUT2D eigenvalue weighted by atomic mass is 10.2. The highest BCUT2D eigenvalue weighted by Crippen LogP contribution is 1.97. The van der Waals surface area contributed by atoms with Crippen molar-refractivity contribution in [3.63, 3.8) is 0 Å². The molecule has 0 saturated heterocycles. The molecule has 0 spiro atoms. The minimum Gasteiger partial charge on any atom is -0.481 e. The van der Waals surface area contributed by atoms with Crippen LogP contribution in [0.2, 0.25) is 0 Å². The largest absolute Gasteiger partial charge is 0.481 e. The van der Waals surface area contributed by atoms with Crippen LogP contribution >= 0.6 is 0 Å². The number of aliphatic carboxylic acids is 1. The van der Waals surface area contributed by atoms with Crippen LogP contribution in [0.1, 0.15) is 24.8 Å². The van der Waals surface area contributed by atoms with Crippen molar-refractivity contribution in [2.75, 3.05) is 6.54 Å². The molecule has 92 valence electrons. The van der Waals surface area contributed by atoms with Gasteiger partial charge in [-0.05, 0) is 30.5 Å². The second-order valence-corrected chi connectivity index (χ2v) is 3.70. The molecule has 1 amide bonds. The molecule has 1 aromatic rings. The standard InChI is InChI=1S/C12H16N2O3/c15-11(2-1-3-12(16)17)14-9-6-10-4-7-13-8-5-10/h4-5,7-8H,1-3,6,9H2,(H,14,15)(H,16,17). The Morgan fingerprint density at radius 2 is 1.94 bits per heavy atom. The van der Waals surface area contributed by atoms with Crippen molar-refractivity contribution >= 4 is 11.9 Å². The van der Waals surface area contributed by atoms with E-state index < -0.39 is 5.97 Å². The van der Waals surface area contributed by atoms with Crippen LogP contribution in [0.4, 0.5) is 0 Å². The van der Waals surface area contributed by atoms with Crippen molar-refractivity contribution in [3.8, 4) is 0 Å². The fourth-order valence-electron chi connectivity index (χ4n) is 1.38. The highest BCUT2D eigenvalue weighted by atomic mass is 16.4. The highest BCUT2D eigenvalue weighted by molar-refractivity contribution is 5.76. The molecular formula is C12H16N2O3. The number of rotatable bonds is 7. The van der Waals surface area contributed by atoms with Gasteiger partial charge in [-0.25, -0.2) is 0 Å². The van der Waals surface area contributed by atoms with E-state index in [-0.39, 0.29) is 18.7 Å². The molecule has 5 heteroatoms. The van der Waals surface area contributed by atoms with Crippen LogP contribution in [0.5, 0.6) is 0 Å². The molecule has 0 aromatic carbocycles. The normalized spacial score (nSPS) is 9.88. The fraction of sp³-hybridized carbons (Fsp3) is 0.417.